The number of amides is 3. The van der Waals surface area contributed by atoms with Crippen LogP contribution in [0.1, 0.15) is 42.9 Å². The van der Waals surface area contributed by atoms with Gasteiger partial charge in [0.15, 0.2) is 0 Å². The molecule has 0 saturated heterocycles. The second-order valence-corrected chi connectivity index (χ2v) is 9.06. The lowest BCUT2D eigenvalue weighted by molar-refractivity contribution is -0.143. The molecule has 0 heterocycles. The zero-order chi connectivity index (χ0) is 27.7. The van der Waals surface area contributed by atoms with E-state index in [0.717, 1.165) is 28.1 Å². The smallest absolute Gasteiger partial charge is 0.323 e. The number of carbonyl (C=O) groups is 3. The molecule has 0 aromatic heterocycles. The maximum atomic E-state index is 13.0. The van der Waals surface area contributed by atoms with Gasteiger partial charge in [0.05, 0.1) is 32.2 Å². The van der Waals surface area contributed by atoms with Crippen LogP contribution in [0.15, 0.2) is 66.7 Å². The van der Waals surface area contributed by atoms with E-state index >= 15 is 0 Å². The summed E-state index contributed by atoms with van der Waals surface area (Å²) in [5, 5.41) is 5.63. The van der Waals surface area contributed by atoms with Gasteiger partial charge in [-0.1, -0.05) is 43.3 Å². The van der Waals surface area contributed by atoms with Crippen LogP contribution in [0.5, 0.6) is 5.75 Å². The molecule has 3 amide bonds. The molecule has 0 aliphatic rings. The Morgan fingerprint density at radius 3 is 2.29 bits per heavy atom. The first kappa shape index (κ1) is 28.2. The summed E-state index contributed by atoms with van der Waals surface area (Å²) in [6.45, 7) is 6.04. The zero-order valence-electron chi connectivity index (χ0n) is 22.5. The van der Waals surface area contributed by atoms with Crippen molar-refractivity contribution in [2.24, 2.45) is 0 Å². The molecule has 2 N–H and O–H groups in total. The quantitative estimate of drug-likeness (QED) is 0.326. The van der Waals surface area contributed by atoms with Gasteiger partial charge in [0, 0.05) is 18.4 Å². The first-order valence-corrected chi connectivity index (χ1v) is 12.5. The monoisotopic (exact) mass is 517 g/mol. The van der Waals surface area contributed by atoms with E-state index in [0.29, 0.717) is 24.5 Å². The Hall–Kier alpha value is -4.33. The SMILES string of the molecule is CCOC(=O)CC(C)c1ccc(N(C)C(=O)Cc2ccc(NC(=O)Nc3ccccc3C)c(OC)c2)cc1. The van der Waals surface area contributed by atoms with E-state index < -0.39 is 0 Å². The largest absolute Gasteiger partial charge is 0.495 e. The second kappa shape index (κ2) is 13.3. The van der Waals surface area contributed by atoms with E-state index in [-0.39, 0.29) is 30.2 Å². The summed E-state index contributed by atoms with van der Waals surface area (Å²) in [4.78, 5) is 38.8. The molecule has 38 heavy (non-hydrogen) atoms. The number of ether oxygens (including phenoxy) is 2. The van der Waals surface area contributed by atoms with Crippen molar-refractivity contribution >= 4 is 35.0 Å². The Morgan fingerprint density at radius 1 is 0.947 bits per heavy atom. The van der Waals surface area contributed by atoms with E-state index in [9.17, 15) is 14.4 Å². The highest BCUT2D eigenvalue weighted by molar-refractivity contribution is 6.01. The van der Waals surface area contributed by atoms with Crippen molar-refractivity contribution in [2.45, 2.75) is 39.5 Å². The molecule has 0 fully saturated rings. The number of benzene rings is 3. The van der Waals surface area contributed by atoms with Gasteiger partial charge in [0.1, 0.15) is 5.75 Å². The number of aryl methyl sites for hydroxylation is 1. The zero-order valence-corrected chi connectivity index (χ0v) is 22.5. The summed E-state index contributed by atoms with van der Waals surface area (Å²) in [6, 6.07) is 20.0. The lowest BCUT2D eigenvalue weighted by Gasteiger charge is -2.19. The average Bonchev–Trinajstić information content (AvgIpc) is 2.90. The number of para-hydroxylation sites is 1. The number of nitrogens with one attached hydrogen (secondary N) is 2. The Morgan fingerprint density at radius 2 is 1.63 bits per heavy atom. The Kier molecular flexibility index (Phi) is 9.87. The van der Waals surface area contributed by atoms with Crippen LogP contribution in [0.25, 0.3) is 0 Å². The van der Waals surface area contributed by atoms with E-state index in [1.807, 2.05) is 62.4 Å². The van der Waals surface area contributed by atoms with E-state index in [4.69, 9.17) is 9.47 Å². The van der Waals surface area contributed by atoms with Crippen LogP contribution in [-0.2, 0) is 20.7 Å². The van der Waals surface area contributed by atoms with Gasteiger partial charge >= 0.3 is 12.0 Å². The number of hydrogen-bond donors (Lipinski definition) is 2. The first-order valence-electron chi connectivity index (χ1n) is 12.5. The van der Waals surface area contributed by atoms with Crippen molar-refractivity contribution in [2.75, 3.05) is 36.3 Å². The maximum absolute atomic E-state index is 13.0. The van der Waals surface area contributed by atoms with Crippen molar-refractivity contribution in [3.8, 4) is 5.75 Å². The molecule has 0 bridgehead atoms. The normalized spacial score (nSPS) is 11.3. The topological polar surface area (TPSA) is 97.0 Å². The van der Waals surface area contributed by atoms with E-state index in [1.165, 1.54) is 7.11 Å². The third-order valence-electron chi connectivity index (χ3n) is 6.26. The Labute approximate surface area is 223 Å². The molecule has 1 atom stereocenters. The number of rotatable bonds is 10. The molecule has 0 spiro atoms. The number of esters is 1. The maximum Gasteiger partial charge on any atom is 0.323 e. The number of hydrogen-bond acceptors (Lipinski definition) is 5. The fourth-order valence-corrected chi connectivity index (χ4v) is 3.99. The predicted molar refractivity (Wildman–Crippen MR) is 150 cm³/mol. The minimum atomic E-state index is -0.388. The van der Waals surface area contributed by atoms with Crippen LogP contribution in [0.2, 0.25) is 0 Å². The van der Waals surface area contributed by atoms with Crippen molar-refractivity contribution < 1.29 is 23.9 Å². The molecule has 0 aliphatic heterocycles. The summed E-state index contributed by atoms with van der Waals surface area (Å²) in [5.41, 5.74) is 4.67. The highest BCUT2D eigenvalue weighted by Crippen LogP contribution is 2.27. The van der Waals surface area contributed by atoms with Gasteiger partial charge in [-0.05, 0) is 66.8 Å². The molecule has 0 aliphatic carbocycles. The second-order valence-electron chi connectivity index (χ2n) is 9.06. The van der Waals surface area contributed by atoms with Crippen LogP contribution in [0.3, 0.4) is 0 Å². The van der Waals surface area contributed by atoms with Gasteiger partial charge in [-0.3, -0.25) is 9.59 Å². The molecule has 3 aromatic carbocycles. The molecule has 3 aromatic rings. The van der Waals surface area contributed by atoms with Crippen molar-refractivity contribution in [1.29, 1.82) is 0 Å². The summed E-state index contributed by atoms with van der Waals surface area (Å²) in [6.07, 6.45) is 0.464. The van der Waals surface area contributed by atoms with Gasteiger partial charge in [0.2, 0.25) is 5.91 Å². The van der Waals surface area contributed by atoms with Gasteiger partial charge in [0.25, 0.3) is 0 Å². The number of likely N-dealkylation sites (N-methyl/N-ethyl adjacent to an activating group) is 1. The molecule has 200 valence electrons. The standard InChI is InChI=1S/C30H35N3O5/c1-6-38-29(35)17-21(3)23-12-14-24(15-13-23)33(4)28(34)19-22-11-16-26(27(18-22)37-5)32-30(36)31-25-10-8-7-9-20(25)2/h7-16,18,21H,6,17,19H2,1-5H3,(H2,31,32,36). The fourth-order valence-electron chi connectivity index (χ4n) is 3.99. The molecule has 0 saturated carbocycles. The van der Waals surface area contributed by atoms with Crippen LogP contribution in [0.4, 0.5) is 21.9 Å². The van der Waals surface area contributed by atoms with Crippen LogP contribution < -0.4 is 20.3 Å². The van der Waals surface area contributed by atoms with Gasteiger partial charge < -0.3 is 25.0 Å². The van der Waals surface area contributed by atoms with Crippen molar-refractivity contribution in [3.05, 3.63) is 83.4 Å². The Balaban J connectivity index is 1.62. The minimum Gasteiger partial charge on any atom is -0.495 e. The third-order valence-corrected chi connectivity index (χ3v) is 6.26. The molecular weight excluding hydrogens is 482 g/mol. The molecule has 0 radical (unpaired) electrons. The summed E-state index contributed by atoms with van der Waals surface area (Å²) in [5.74, 6) is 0.151. The summed E-state index contributed by atoms with van der Waals surface area (Å²) in [7, 11) is 3.24. The predicted octanol–water partition coefficient (Wildman–Crippen LogP) is 5.91. The number of anilines is 3. The highest BCUT2D eigenvalue weighted by atomic mass is 16.5. The van der Waals surface area contributed by atoms with Crippen LogP contribution in [-0.4, -0.2) is 38.7 Å². The Bertz CT molecular complexity index is 1270. The van der Waals surface area contributed by atoms with Crippen LogP contribution >= 0.6 is 0 Å². The number of nitrogens with zero attached hydrogens (tertiary/aromatic N) is 1. The lowest BCUT2D eigenvalue weighted by atomic mass is 9.97. The van der Waals surface area contributed by atoms with E-state index in [1.54, 1.807) is 37.1 Å². The number of methoxy groups -OCH3 is 1. The minimum absolute atomic E-state index is 0.0162. The van der Waals surface area contributed by atoms with Crippen LogP contribution in [0, 0.1) is 6.92 Å². The molecule has 8 heteroatoms. The molecule has 8 nitrogen and oxygen atoms in total. The molecule has 3 rings (SSSR count). The number of urea groups is 1. The van der Waals surface area contributed by atoms with Crippen molar-refractivity contribution in [3.63, 3.8) is 0 Å². The van der Waals surface area contributed by atoms with Gasteiger partial charge in [-0.25, -0.2) is 4.79 Å². The first-order chi connectivity index (χ1) is 18.2. The number of carbonyl (C=O) groups excluding carboxylic acids is 3. The summed E-state index contributed by atoms with van der Waals surface area (Å²) < 4.78 is 10.5. The summed E-state index contributed by atoms with van der Waals surface area (Å²) >= 11 is 0. The average molecular weight is 518 g/mol. The van der Waals surface area contributed by atoms with E-state index in [2.05, 4.69) is 10.6 Å². The fraction of sp³-hybridized carbons (Fsp3) is 0.300. The van der Waals surface area contributed by atoms with Gasteiger partial charge in [-0.2, -0.15) is 0 Å². The molecule has 1 unspecified atom stereocenters. The highest BCUT2D eigenvalue weighted by Gasteiger charge is 2.16. The van der Waals surface area contributed by atoms with Gasteiger partial charge in [-0.15, -0.1) is 0 Å². The van der Waals surface area contributed by atoms with Crippen molar-refractivity contribution in [1.82, 2.24) is 0 Å². The lowest BCUT2D eigenvalue weighted by Crippen LogP contribution is -2.27. The third kappa shape index (κ3) is 7.59. The molecular formula is C30H35N3O5.